The van der Waals surface area contributed by atoms with E-state index >= 15 is 0 Å². The summed E-state index contributed by atoms with van der Waals surface area (Å²) in [6.07, 6.45) is -0.0387. The van der Waals surface area contributed by atoms with Crippen molar-refractivity contribution in [3.8, 4) is 17.2 Å². The molecule has 3 aromatic carbocycles. The first-order valence-electron chi connectivity index (χ1n) is 10.8. The molecular weight excluding hydrogens is 450 g/mol. The van der Waals surface area contributed by atoms with Gasteiger partial charge in [-0.25, -0.2) is 5.43 Å². The molecule has 9 nitrogen and oxygen atoms in total. The molecule has 0 fully saturated rings. The number of hydrazone groups is 1. The number of amides is 2. The molecule has 0 saturated carbocycles. The average Bonchev–Trinajstić information content (AvgIpc) is 3.23. The highest BCUT2D eigenvalue weighted by atomic mass is 16.5. The van der Waals surface area contributed by atoms with Crippen molar-refractivity contribution < 1.29 is 28.2 Å². The molecule has 1 heterocycles. The molecule has 9 heteroatoms. The summed E-state index contributed by atoms with van der Waals surface area (Å²) >= 11 is 0. The minimum atomic E-state index is -0.459. The summed E-state index contributed by atoms with van der Waals surface area (Å²) in [7, 11) is 4.53. The van der Waals surface area contributed by atoms with Crippen LogP contribution in [0.15, 0.2) is 64.1 Å². The molecule has 0 bridgehead atoms. The van der Waals surface area contributed by atoms with Crippen LogP contribution in [0, 0.1) is 0 Å². The van der Waals surface area contributed by atoms with Crippen molar-refractivity contribution in [3.63, 3.8) is 0 Å². The number of para-hydroxylation sites is 1. The summed E-state index contributed by atoms with van der Waals surface area (Å²) in [6, 6.07) is 16.0. The maximum atomic E-state index is 12.7. The number of benzene rings is 3. The van der Waals surface area contributed by atoms with Gasteiger partial charge in [-0.1, -0.05) is 18.2 Å². The molecule has 2 N–H and O–H groups in total. The van der Waals surface area contributed by atoms with Crippen LogP contribution in [0.5, 0.6) is 17.2 Å². The van der Waals surface area contributed by atoms with Crippen LogP contribution < -0.4 is 25.0 Å². The number of nitrogens with zero attached hydrogens (tertiary/aromatic N) is 1. The Morgan fingerprint density at radius 1 is 0.886 bits per heavy atom. The van der Waals surface area contributed by atoms with Crippen molar-refractivity contribution in [3.05, 3.63) is 60.2 Å². The van der Waals surface area contributed by atoms with E-state index < -0.39 is 5.91 Å². The molecule has 0 unspecified atom stereocenters. The molecule has 0 radical (unpaired) electrons. The van der Waals surface area contributed by atoms with Gasteiger partial charge >= 0.3 is 0 Å². The van der Waals surface area contributed by atoms with E-state index in [-0.39, 0.29) is 12.3 Å². The third-order valence-electron chi connectivity index (χ3n) is 5.35. The molecule has 0 saturated heterocycles. The molecule has 35 heavy (non-hydrogen) atoms. The van der Waals surface area contributed by atoms with Gasteiger partial charge in [0.25, 0.3) is 5.91 Å². The van der Waals surface area contributed by atoms with E-state index in [2.05, 4.69) is 15.8 Å². The SMILES string of the molecule is COc1cc(OC)cc(C(=O)N/N=C(/C)CC(=O)Nc2cc3oc4ccccc4c3cc2OC)c1. The Bertz CT molecular complexity index is 1420. The number of fused-ring (bicyclic) bond motifs is 3. The van der Waals surface area contributed by atoms with Gasteiger partial charge in [-0.05, 0) is 31.2 Å². The van der Waals surface area contributed by atoms with Gasteiger partial charge in [0.2, 0.25) is 5.91 Å². The molecule has 1 aromatic heterocycles. The molecular formula is C26H25N3O6. The Hall–Kier alpha value is -4.53. The van der Waals surface area contributed by atoms with E-state index in [1.807, 2.05) is 30.3 Å². The maximum Gasteiger partial charge on any atom is 0.271 e. The summed E-state index contributed by atoms with van der Waals surface area (Å²) < 4.78 is 21.7. The largest absolute Gasteiger partial charge is 0.497 e. The third-order valence-corrected chi connectivity index (χ3v) is 5.35. The fraction of sp³-hybridized carbons (Fsp3) is 0.192. The number of furan rings is 1. The number of ether oxygens (including phenoxy) is 3. The van der Waals surface area contributed by atoms with E-state index in [1.54, 1.807) is 31.2 Å². The third kappa shape index (κ3) is 5.19. The molecule has 0 spiro atoms. The lowest BCUT2D eigenvalue weighted by atomic mass is 10.1. The van der Waals surface area contributed by atoms with Gasteiger partial charge in [-0.2, -0.15) is 5.10 Å². The van der Waals surface area contributed by atoms with Crippen LogP contribution in [0.25, 0.3) is 21.9 Å². The predicted octanol–water partition coefficient (Wildman–Crippen LogP) is 4.75. The number of rotatable bonds is 8. The standard InChI is InChI=1S/C26H25N3O6/c1-15(28-29-26(31)16-10-17(32-2)12-18(11-16)33-3)9-25(30)27-21-14-23-20(13-24(21)34-4)19-7-5-6-8-22(19)35-23/h5-8,10-14H,9H2,1-4H3,(H,27,30)(H,29,31)/b28-15-. The number of methoxy groups -OCH3 is 3. The van der Waals surface area contributed by atoms with Crippen LogP contribution in [-0.2, 0) is 4.79 Å². The highest BCUT2D eigenvalue weighted by molar-refractivity contribution is 6.10. The van der Waals surface area contributed by atoms with Crippen LogP contribution in [0.4, 0.5) is 5.69 Å². The topological polar surface area (TPSA) is 111 Å². The van der Waals surface area contributed by atoms with Crippen LogP contribution in [-0.4, -0.2) is 38.9 Å². The van der Waals surface area contributed by atoms with Crippen molar-refractivity contribution in [2.45, 2.75) is 13.3 Å². The van der Waals surface area contributed by atoms with E-state index in [9.17, 15) is 9.59 Å². The lowest BCUT2D eigenvalue weighted by Gasteiger charge is -2.10. The van der Waals surface area contributed by atoms with Crippen LogP contribution in [0.3, 0.4) is 0 Å². The number of hydrogen-bond donors (Lipinski definition) is 2. The molecule has 0 aliphatic heterocycles. The zero-order valence-corrected chi connectivity index (χ0v) is 19.8. The summed E-state index contributed by atoms with van der Waals surface area (Å²) in [5, 5.41) is 8.72. The van der Waals surface area contributed by atoms with Gasteiger partial charge in [0.1, 0.15) is 28.4 Å². The summed E-state index contributed by atoms with van der Waals surface area (Å²) in [4.78, 5) is 25.1. The smallest absolute Gasteiger partial charge is 0.271 e. The van der Waals surface area contributed by atoms with Crippen molar-refractivity contribution in [1.82, 2.24) is 5.43 Å². The lowest BCUT2D eigenvalue weighted by Crippen LogP contribution is -2.21. The van der Waals surface area contributed by atoms with Crippen molar-refractivity contribution in [1.29, 1.82) is 0 Å². The van der Waals surface area contributed by atoms with E-state index in [0.29, 0.717) is 39.8 Å². The quantitative estimate of drug-likeness (QED) is 0.281. The first-order chi connectivity index (χ1) is 16.9. The van der Waals surface area contributed by atoms with Gasteiger partial charge < -0.3 is 23.9 Å². The second-order valence-corrected chi connectivity index (χ2v) is 7.76. The van der Waals surface area contributed by atoms with E-state index in [4.69, 9.17) is 18.6 Å². The highest BCUT2D eigenvalue weighted by Gasteiger charge is 2.15. The van der Waals surface area contributed by atoms with Crippen LogP contribution in [0.2, 0.25) is 0 Å². The number of carbonyl (C=O) groups excluding carboxylic acids is 2. The fourth-order valence-corrected chi connectivity index (χ4v) is 3.63. The minimum Gasteiger partial charge on any atom is -0.497 e. The maximum absolute atomic E-state index is 12.7. The number of nitrogens with one attached hydrogen (secondary N) is 2. The molecule has 180 valence electrons. The zero-order chi connectivity index (χ0) is 24.9. The Morgan fingerprint density at radius 2 is 1.60 bits per heavy atom. The van der Waals surface area contributed by atoms with Gasteiger partial charge in [0.05, 0.1) is 33.4 Å². The van der Waals surface area contributed by atoms with E-state index in [1.165, 1.54) is 21.3 Å². The predicted molar refractivity (Wildman–Crippen MR) is 134 cm³/mol. The number of hydrogen-bond acceptors (Lipinski definition) is 7. The van der Waals surface area contributed by atoms with Crippen LogP contribution in [0.1, 0.15) is 23.7 Å². The molecule has 0 aliphatic carbocycles. The Balaban J connectivity index is 1.45. The average molecular weight is 476 g/mol. The van der Waals surface area contributed by atoms with Gasteiger partial charge in [0, 0.05) is 34.2 Å². The lowest BCUT2D eigenvalue weighted by molar-refractivity contribution is -0.115. The van der Waals surface area contributed by atoms with Gasteiger partial charge in [-0.15, -0.1) is 0 Å². The van der Waals surface area contributed by atoms with Crippen molar-refractivity contribution in [2.75, 3.05) is 26.6 Å². The molecule has 2 amide bonds. The Morgan fingerprint density at radius 3 is 2.29 bits per heavy atom. The minimum absolute atomic E-state index is 0.0387. The Kier molecular flexibility index (Phi) is 6.86. The van der Waals surface area contributed by atoms with Gasteiger partial charge in [0.15, 0.2) is 0 Å². The highest BCUT2D eigenvalue weighted by Crippen LogP contribution is 2.36. The molecule has 0 aliphatic rings. The van der Waals surface area contributed by atoms with Crippen molar-refractivity contribution >= 4 is 45.2 Å². The summed E-state index contributed by atoms with van der Waals surface area (Å²) in [6.45, 7) is 1.64. The number of anilines is 1. The second-order valence-electron chi connectivity index (χ2n) is 7.76. The fourth-order valence-electron chi connectivity index (χ4n) is 3.63. The second kappa shape index (κ2) is 10.2. The molecule has 0 atom stereocenters. The van der Waals surface area contributed by atoms with Crippen molar-refractivity contribution in [2.24, 2.45) is 5.10 Å². The summed E-state index contributed by atoms with van der Waals surface area (Å²) in [5.41, 5.74) is 5.03. The Labute approximate surface area is 201 Å². The van der Waals surface area contributed by atoms with Gasteiger partial charge in [-0.3, -0.25) is 9.59 Å². The van der Waals surface area contributed by atoms with Crippen LogP contribution >= 0.6 is 0 Å². The molecule has 4 aromatic rings. The number of carbonyl (C=O) groups is 2. The zero-order valence-electron chi connectivity index (χ0n) is 19.8. The van der Waals surface area contributed by atoms with E-state index in [0.717, 1.165) is 16.4 Å². The first-order valence-corrected chi connectivity index (χ1v) is 10.8. The summed E-state index contributed by atoms with van der Waals surface area (Å²) in [5.74, 6) is 0.679. The molecule has 4 rings (SSSR count). The monoisotopic (exact) mass is 475 g/mol. The first kappa shape index (κ1) is 23.6. The normalized spacial score (nSPS) is 11.4.